The molecule has 1 aliphatic rings. The van der Waals surface area contributed by atoms with Gasteiger partial charge in [-0.2, -0.15) is 0 Å². The standard InChI is InChI=1S/C19H20ClN3OS/c1-2-23-9-5-6-12(23)11-21-19(24)16-10-14-17(25-16)13-7-3-4-8-15(13)22-18(14)20/h3-4,7-8,10,12H,2,5-6,9,11H2,1H3,(H,21,24)/t12-/m0/s1. The number of fused-ring (bicyclic) bond motifs is 3. The third-order valence-electron chi connectivity index (χ3n) is 4.95. The number of hydrogen-bond donors (Lipinski definition) is 1. The van der Waals surface area contributed by atoms with Gasteiger partial charge >= 0.3 is 0 Å². The van der Waals surface area contributed by atoms with Gasteiger partial charge in [0.1, 0.15) is 5.15 Å². The van der Waals surface area contributed by atoms with Crippen LogP contribution in [0.4, 0.5) is 0 Å². The van der Waals surface area contributed by atoms with Crippen LogP contribution in [0.15, 0.2) is 30.3 Å². The summed E-state index contributed by atoms with van der Waals surface area (Å²) >= 11 is 7.82. The van der Waals surface area contributed by atoms with Gasteiger partial charge in [0.15, 0.2) is 0 Å². The molecule has 4 nitrogen and oxygen atoms in total. The summed E-state index contributed by atoms with van der Waals surface area (Å²) in [5.74, 6) is -0.0238. The average molecular weight is 374 g/mol. The molecule has 4 rings (SSSR count). The number of carbonyl (C=O) groups excluding carboxylic acids is 1. The number of carbonyl (C=O) groups is 1. The van der Waals surface area contributed by atoms with Crippen LogP contribution < -0.4 is 5.32 Å². The highest BCUT2D eigenvalue weighted by molar-refractivity contribution is 7.21. The molecule has 1 aromatic carbocycles. The Labute approximate surface area is 155 Å². The highest BCUT2D eigenvalue weighted by Crippen LogP contribution is 2.35. The van der Waals surface area contributed by atoms with Crippen LogP contribution in [0.1, 0.15) is 29.4 Å². The van der Waals surface area contributed by atoms with Crippen molar-refractivity contribution in [1.82, 2.24) is 15.2 Å². The van der Waals surface area contributed by atoms with Crippen molar-refractivity contribution < 1.29 is 4.79 Å². The van der Waals surface area contributed by atoms with Crippen LogP contribution in [0, 0.1) is 0 Å². The van der Waals surface area contributed by atoms with Crippen molar-refractivity contribution in [3.05, 3.63) is 40.4 Å². The van der Waals surface area contributed by atoms with Crippen molar-refractivity contribution >= 4 is 49.8 Å². The minimum absolute atomic E-state index is 0.0238. The van der Waals surface area contributed by atoms with Crippen molar-refractivity contribution in [3.8, 4) is 0 Å². The van der Waals surface area contributed by atoms with Crippen molar-refractivity contribution in [2.45, 2.75) is 25.8 Å². The number of thiophene rings is 1. The monoisotopic (exact) mass is 373 g/mol. The van der Waals surface area contributed by atoms with E-state index in [0.717, 1.165) is 40.5 Å². The van der Waals surface area contributed by atoms with Gasteiger partial charge in [0.25, 0.3) is 5.91 Å². The Bertz CT molecular complexity index is 939. The fraction of sp³-hybridized carbons (Fsp3) is 0.368. The fourth-order valence-electron chi connectivity index (χ4n) is 3.63. The Morgan fingerprint density at radius 3 is 3.08 bits per heavy atom. The van der Waals surface area contributed by atoms with Crippen molar-refractivity contribution in [2.75, 3.05) is 19.6 Å². The van der Waals surface area contributed by atoms with Gasteiger partial charge in [-0.15, -0.1) is 11.3 Å². The zero-order chi connectivity index (χ0) is 17.4. The van der Waals surface area contributed by atoms with Gasteiger partial charge in [-0.25, -0.2) is 4.98 Å². The zero-order valence-electron chi connectivity index (χ0n) is 14.1. The van der Waals surface area contributed by atoms with Crippen LogP contribution in [-0.2, 0) is 0 Å². The van der Waals surface area contributed by atoms with Gasteiger partial charge in [0.2, 0.25) is 0 Å². The predicted octanol–water partition coefficient (Wildman–Crippen LogP) is 4.32. The maximum absolute atomic E-state index is 12.6. The number of likely N-dealkylation sites (N-methyl/N-ethyl adjacent to an activating group) is 1. The summed E-state index contributed by atoms with van der Waals surface area (Å²) in [6, 6.07) is 10.2. The quantitative estimate of drug-likeness (QED) is 0.693. The number of likely N-dealkylation sites (tertiary alicyclic amines) is 1. The molecule has 6 heteroatoms. The van der Waals surface area contributed by atoms with E-state index >= 15 is 0 Å². The van der Waals surface area contributed by atoms with E-state index in [0.29, 0.717) is 22.6 Å². The second-order valence-electron chi connectivity index (χ2n) is 6.41. The van der Waals surface area contributed by atoms with Crippen LogP contribution in [0.5, 0.6) is 0 Å². The first-order valence-electron chi connectivity index (χ1n) is 8.67. The largest absolute Gasteiger partial charge is 0.350 e. The highest BCUT2D eigenvalue weighted by atomic mass is 35.5. The highest BCUT2D eigenvalue weighted by Gasteiger charge is 2.24. The number of hydrogen-bond acceptors (Lipinski definition) is 4. The maximum Gasteiger partial charge on any atom is 0.261 e. The molecule has 130 valence electrons. The summed E-state index contributed by atoms with van der Waals surface area (Å²) in [6.07, 6.45) is 2.37. The van der Waals surface area contributed by atoms with E-state index in [2.05, 4.69) is 22.1 Å². The molecule has 1 atom stereocenters. The number of amides is 1. The Morgan fingerprint density at radius 1 is 1.40 bits per heavy atom. The topological polar surface area (TPSA) is 45.2 Å². The normalized spacial score (nSPS) is 18.2. The van der Waals surface area contributed by atoms with Gasteiger partial charge in [0, 0.05) is 28.1 Å². The third-order valence-corrected chi connectivity index (χ3v) is 6.40. The smallest absolute Gasteiger partial charge is 0.261 e. The molecular formula is C19H20ClN3OS. The van der Waals surface area contributed by atoms with Crippen LogP contribution in [-0.4, -0.2) is 41.5 Å². The average Bonchev–Trinajstić information content (AvgIpc) is 3.27. The summed E-state index contributed by atoms with van der Waals surface area (Å²) in [5.41, 5.74) is 0.860. The number of benzene rings is 1. The fourth-order valence-corrected chi connectivity index (χ4v) is 5.03. The van der Waals surface area contributed by atoms with E-state index in [1.54, 1.807) is 0 Å². The van der Waals surface area contributed by atoms with Crippen LogP contribution in [0.25, 0.3) is 21.0 Å². The van der Waals surface area contributed by atoms with Gasteiger partial charge in [-0.05, 0) is 38.1 Å². The van der Waals surface area contributed by atoms with E-state index in [1.807, 2.05) is 30.3 Å². The Kier molecular flexibility index (Phi) is 4.63. The van der Waals surface area contributed by atoms with Crippen molar-refractivity contribution in [1.29, 1.82) is 0 Å². The molecule has 0 aliphatic carbocycles. The lowest BCUT2D eigenvalue weighted by Crippen LogP contribution is -2.39. The minimum atomic E-state index is -0.0238. The van der Waals surface area contributed by atoms with Gasteiger partial charge in [0.05, 0.1) is 10.4 Å². The van der Waals surface area contributed by atoms with Crippen molar-refractivity contribution in [2.24, 2.45) is 0 Å². The van der Waals surface area contributed by atoms with Crippen LogP contribution in [0.2, 0.25) is 5.15 Å². The second-order valence-corrected chi connectivity index (χ2v) is 7.82. The molecule has 2 aromatic heterocycles. The number of rotatable bonds is 4. The number of nitrogens with one attached hydrogen (secondary N) is 1. The van der Waals surface area contributed by atoms with Crippen molar-refractivity contribution in [3.63, 3.8) is 0 Å². The van der Waals surface area contributed by atoms with Crippen LogP contribution in [0.3, 0.4) is 0 Å². The number of nitrogens with zero attached hydrogens (tertiary/aromatic N) is 2. The molecule has 0 unspecified atom stereocenters. The first kappa shape index (κ1) is 16.8. The summed E-state index contributed by atoms with van der Waals surface area (Å²) in [5, 5.41) is 5.45. The number of halogens is 1. The molecule has 1 saturated heterocycles. The second kappa shape index (κ2) is 6.90. The SMILES string of the molecule is CCN1CCC[C@H]1CNC(=O)c1cc2c(Cl)nc3ccccc3c2s1. The Morgan fingerprint density at radius 2 is 2.24 bits per heavy atom. The molecular weight excluding hydrogens is 354 g/mol. The summed E-state index contributed by atoms with van der Waals surface area (Å²) in [4.78, 5) is 20.2. The molecule has 1 fully saturated rings. The van der Waals surface area contributed by atoms with Gasteiger partial charge < -0.3 is 5.32 Å². The molecule has 0 spiro atoms. The van der Waals surface area contributed by atoms with Gasteiger partial charge in [-0.1, -0.05) is 36.7 Å². The van der Waals surface area contributed by atoms with E-state index < -0.39 is 0 Å². The van der Waals surface area contributed by atoms with E-state index in [-0.39, 0.29) is 5.91 Å². The molecule has 25 heavy (non-hydrogen) atoms. The number of para-hydroxylation sites is 1. The molecule has 0 saturated carbocycles. The Balaban J connectivity index is 1.60. The number of pyridine rings is 1. The predicted molar refractivity (Wildman–Crippen MR) is 105 cm³/mol. The van der Waals surface area contributed by atoms with E-state index in [1.165, 1.54) is 17.8 Å². The Hall–Kier alpha value is -1.69. The third kappa shape index (κ3) is 3.12. The van der Waals surface area contributed by atoms with E-state index in [9.17, 15) is 4.79 Å². The molecule has 1 aliphatic heterocycles. The lowest BCUT2D eigenvalue weighted by Gasteiger charge is -2.22. The summed E-state index contributed by atoms with van der Waals surface area (Å²) in [7, 11) is 0. The van der Waals surface area contributed by atoms with Gasteiger partial charge in [-0.3, -0.25) is 9.69 Å². The molecule has 3 heterocycles. The molecule has 1 amide bonds. The first-order chi connectivity index (χ1) is 12.2. The molecule has 3 aromatic rings. The molecule has 1 N–H and O–H groups in total. The first-order valence-corrected chi connectivity index (χ1v) is 9.87. The number of aromatic nitrogens is 1. The van der Waals surface area contributed by atoms with Crippen LogP contribution >= 0.6 is 22.9 Å². The zero-order valence-corrected chi connectivity index (χ0v) is 15.7. The van der Waals surface area contributed by atoms with E-state index in [4.69, 9.17) is 11.6 Å². The molecule has 0 bridgehead atoms. The molecule has 0 radical (unpaired) electrons. The summed E-state index contributed by atoms with van der Waals surface area (Å²) in [6.45, 7) is 5.05. The lowest BCUT2D eigenvalue weighted by atomic mass is 10.2. The summed E-state index contributed by atoms with van der Waals surface area (Å²) < 4.78 is 1.02. The minimum Gasteiger partial charge on any atom is -0.350 e. The maximum atomic E-state index is 12.6. The lowest BCUT2D eigenvalue weighted by molar-refractivity contribution is 0.0945.